The summed E-state index contributed by atoms with van der Waals surface area (Å²) in [6, 6.07) is -1.28. The largest absolute Gasteiger partial charge is 0.480 e. The number of rotatable bonds is 5. The van der Waals surface area contributed by atoms with Crippen LogP contribution in [0.1, 0.15) is 27.2 Å². The zero-order valence-corrected chi connectivity index (χ0v) is 9.33. The Labute approximate surface area is 89.6 Å². The van der Waals surface area contributed by atoms with Gasteiger partial charge in [0.1, 0.15) is 6.04 Å². The lowest BCUT2D eigenvalue weighted by atomic mass is 10.2. The second kappa shape index (κ2) is 6.86. The van der Waals surface area contributed by atoms with Gasteiger partial charge in [-0.1, -0.05) is 18.6 Å². The molecule has 0 bridgehead atoms. The predicted molar refractivity (Wildman–Crippen MR) is 57.7 cm³/mol. The zero-order chi connectivity index (χ0) is 11.8. The molecule has 0 saturated carbocycles. The topological polar surface area (TPSA) is 78.4 Å². The van der Waals surface area contributed by atoms with E-state index < -0.39 is 18.0 Å². The minimum atomic E-state index is -1.02. The Balaban J connectivity index is 3.92. The van der Waals surface area contributed by atoms with Gasteiger partial charge in [0.15, 0.2) is 0 Å². The van der Waals surface area contributed by atoms with Crippen molar-refractivity contribution in [3.05, 3.63) is 11.6 Å². The molecule has 0 aliphatic rings. The molecule has 5 heteroatoms. The number of allylic oxidation sites excluding steroid dienone is 1. The van der Waals surface area contributed by atoms with Crippen molar-refractivity contribution in [2.45, 2.75) is 33.2 Å². The average Bonchev–Trinajstić information content (AvgIpc) is 2.13. The standard InChI is InChI=1S/C10H18N2O3/c1-4-8(9(13)14)12-10(15)11-6-5-7(2)3/h5,8H,4,6H2,1-3H3,(H,13,14)(H2,11,12,15). The van der Waals surface area contributed by atoms with E-state index in [-0.39, 0.29) is 0 Å². The normalized spacial score (nSPS) is 11.4. The number of amides is 2. The lowest BCUT2D eigenvalue weighted by Gasteiger charge is -2.12. The number of hydrogen-bond donors (Lipinski definition) is 3. The van der Waals surface area contributed by atoms with Crippen LogP contribution < -0.4 is 10.6 Å². The predicted octanol–water partition coefficient (Wildman–Crippen LogP) is 1.11. The number of nitrogens with one attached hydrogen (secondary N) is 2. The quantitative estimate of drug-likeness (QED) is 0.600. The fourth-order valence-corrected chi connectivity index (χ4v) is 0.896. The molecule has 3 N–H and O–H groups in total. The van der Waals surface area contributed by atoms with E-state index in [1.807, 2.05) is 19.9 Å². The van der Waals surface area contributed by atoms with Gasteiger partial charge in [-0.05, 0) is 20.3 Å². The number of aliphatic carboxylic acids is 1. The summed E-state index contributed by atoms with van der Waals surface area (Å²) in [5.41, 5.74) is 1.10. The van der Waals surface area contributed by atoms with Gasteiger partial charge in [0.05, 0.1) is 0 Å². The van der Waals surface area contributed by atoms with Crippen LogP contribution in [0.2, 0.25) is 0 Å². The first-order valence-corrected chi connectivity index (χ1v) is 4.88. The van der Waals surface area contributed by atoms with E-state index in [4.69, 9.17) is 5.11 Å². The smallest absolute Gasteiger partial charge is 0.326 e. The van der Waals surface area contributed by atoms with E-state index in [0.717, 1.165) is 5.57 Å². The Morgan fingerprint density at radius 2 is 2.00 bits per heavy atom. The summed E-state index contributed by atoms with van der Waals surface area (Å²) in [7, 11) is 0. The van der Waals surface area contributed by atoms with Crippen LogP contribution in [0.25, 0.3) is 0 Å². The van der Waals surface area contributed by atoms with E-state index in [9.17, 15) is 9.59 Å². The molecule has 2 amide bonds. The minimum Gasteiger partial charge on any atom is -0.480 e. The summed E-state index contributed by atoms with van der Waals surface area (Å²) in [6.07, 6.45) is 2.21. The molecule has 0 heterocycles. The van der Waals surface area contributed by atoms with Crippen LogP contribution in [0.3, 0.4) is 0 Å². The first kappa shape index (κ1) is 13.5. The summed E-state index contributed by atoms with van der Waals surface area (Å²) in [5.74, 6) is -1.02. The molecule has 5 nitrogen and oxygen atoms in total. The van der Waals surface area contributed by atoms with Crippen molar-refractivity contribution >= 4 is 12.0 Å². The van der Waals surface area contributed by atoms with Crippen LogP contribution in [0.5, 0.6) is 0 Å². The highest BCUT2D eigenvalue weighted by Gasteiger charge is 2.16. The van der Waals surface area contributed by atoms with Crippen molar-refractivity contribution in [3.8, 4) is 0 Å². The van der Waals surface area contributed by atoms with Crippen LogP contribution in [-0.2, 0) is 4.79 Å². The van der Waals surface area contributed by atoms with Gasteiger partial charge in [0.2, 0.25) is 0 Å². The summed E-state index contributed by atoms with van der Waals surface area (Å²) < 4.78 is 0. The number of hydrogen-bond acceptors (Lipinski definition) is 2. The van der Waals surface area contributed by atoms with Gasteiger partial charge in [0.25, 0.3) is 0 Å². The molecule has 0 aliphatic heterocycles. The van der Waals surface area contributed by atoms with Crippen molar-refractivity contribution in [2.24, 2.45) is 0 Å². The molecule has 0 saturated heterocycles. The van der Waals surface area contributed by atoms with Crippen LogP contribution in [0.15, 0.2) is 11.6 Å². The SMILES string of the molecule is CCC(NC(=O)NCC=C(C)C)C(=O)O. The molecule has 0 fully saturated rings. The van der Waals surface area contributed by atoms with Crippen molar-refractivity contribution in [3.63, 3.8) is 0 Å². The van der Waals surface area contributed by atoms with Crippen molar-refractivity contribution in [2.75, 3.05) is 6.54 Å². The van der Waals surface area contributed by atoms with E-state index in [0.29, 0.717) is 13.0 Å². The number of carboxylic acids is 1. The Hall–Kier alpha value is -1.52. The maximum absolute atomic E-state index is 11.2. The van der Waals surface area contributed by atoms with Crippen molar-refractivity contribution < 1.29 is 14.7 Å². The summed E-state index contributed by atoms with van der Waals surface area (Å²) in [5, 5.41) is 13.6. The fraction of sp³-hybridized carbons (Fsp3) is 0.600. The molecule has 0 aliphatic carbocycles. The highest BCUT2D eigenvalue weighted by molar-refractivity contribution is 5.82. The number of urea groups is 1. The lowest BCUT2D eigenvalue weighted by Crippen LogP contribution is -2.45. The summed E-state index contributed by atoms with van der Waals surface area (Å²) in [4.78, 5) is 21.8. The maximum Gasteiger partial charge on any atom is 0.326 e. The van der Waals surface area contributed by atoms with E-state index in [1.54, 1.807) is 6.92 Å². The van der Waals surface area contributed by atoms with Crippen LogP contribution >= 0.6 is 0 Å². The van der Waals surface area contributed by atoms with Crippen molar-refractivity contribution in [1.29, 1.82) is 0 Å². The minimum absolute atomic E-state index is 0.366. The third-order valence-electron chi connectivity index (χ3n) is 1.78. The molecule has 0 rings (SSSR count). The van der Waals surface area contributed by atoms with Gasteiger partial charge < -0.3 is 15.7 Å². The first-order chi connectivity index (χ1) is 6.97. The first-order valence-electron chi connectivity index (χ1n) is 4.88. The van der Waals surface area contributed by atoms with Crippen LogP contribution in [0, 0.1) is 0 Å². The van der Waals surface area contributed by atoms with Gasteiger partial charge in [0, 0.05) is 6.54 Å². The third-order valence-corrected chi connectivity index (χ3v) is 1.78. The molecule has 86 valence electrons. The highest BCUT2D eigenvalue weighted by atomic mass is 16.4. The molecule has 0 aromatic rings. The second-order valence-corrected chi connectivity index (χ2v) is 3.43. The molecule has 0 aromatic carbocycles. The van der Waals surface area contributed by atoms with Gasteiger partial charge in [-0.15, -0.1) is 0 Å². The molecule has 1 unspecified atom stereocenters. The van der Waals surface area contributed by atoms with E-state index in [2.05, 4.69) is 10.6 Å². The zero-order valence-electron chi connectivity index (χ0n) is 9.33. The fourth-order valence-electron chi connectivity index (χ4n) is 0.896. The molecule has 15 heavy (non-hydrogen) atoms. The van der Waals surface area contributed by atoms with Gasteiger partial charge in [-0.25, -0.2) is 9.59 Å². The molecular formula is C10H18N2O3. The average molecular weight is 214 g/mol. The number of carbonyl (C=O) groups is 2. The lowest BCUT2D eigenvalue weighted by molar-refractivity contribution is -0.139. The van der Waals surface area contributed by atoms with Gasteiger partial charge >= 0.3 is 12.0 Å². The van der Waals surface area contributed by atoms with Crippen molar-refractivity contribution in [1.82, 2.24) is 10.6 Å². The Morgan fingerprint density at radius 3 is 2.40 bits per heavy atom. The van der Waals surface area contributed by atoms with E-state index in [1.165, 1.54) is 0 Å². The summed E-state index contributed by atoms with van der Waals surface area (Å²) in [6.45, 7) is 5.96. The third kappa shape index (κ3) is 6.54. The monoisotopic (exact) mass is 214 g/mol. The Kier molecular flexibility index (Phi) is 6.17. The van der Waals surface area contributed by atoms with Gasteiger partial charge in [-0.2, -0.15) is 0 Å². The Morgan fingerprint density at radius 1 is 1.40 bits per heavy atom. The van der Waals surface area contributed by atoms with Gasteiger partial charge in [-0.3, -0.25) is 0 Å². The highest BCUT2D eigenvalue weighted by Crippen LogP contribution is 1.90. The molecule has 1 atom stereocenters. The Bertz CT molecular complexity index is 257. The molecule has 0 spiro atoms. The molecular weight excluding hydrogens is 196 g/mol. The number of carboxylic acid groups (broad SMARTS) is 1. The van der Waals surface area contributed by atoms with Crippen LogP contribution in [-0.4, -0.2) is 29.7 Å². The summed E-state index contributed by atoms with van der Waals surface area (Å²) >= 11 is 0. The second-order valence-electron chi connectivity index (χ2n) is 3.43. The van der Waals surface area contributed by atoms with E-state index >= 15 is 0 Å². The van der Waals surface area contributed by atoms with Crippen LogP contribution in [0.4, 0.5) is 4.79 Å². The number of carbonyl (C=O) groups excluding carboxylic acids is 1. The maximum atomic E-state index is 11.2. The molecule has 0 aromatic heterocycles. The molecule has 0 radical (unpaired) electrons.